The van der Waals surface area contributed by atoms with Gasteiger partial charge >= 0.3 is 0 Å². The molecule has 0 saturated heterocycles. The topological polar surface area (TPSA) is 135 Å². The number of nitrogens with zero attached hydrogens (tertiary/aromatic N) is 7. The van der Waals surface area contributed by atoms with Crippen molar-refractivity contribution in [3.05, 3.63) is 65.7 Å². The molecule has 3 aromatic heterocycles. The summed E-state index contributed by atoms with van der Waals surface area (Å²) in [6, 6.07) is 8.14. The number of aromatic nitrogens is 6. The Bertz CT molecular complexity index is 1460. The van der Waals surface area contributed by atoms with Crippen molar-refractivity contribution in [1.82, 2.24) is 34.8 Å². The number of hydrogen-bond acceptors (Lipinski definition) is 10. The summed E-state index contributed by atoms with van der Waals surface area (Å²) in [4.78, 5) is 28.8. The third-order valence-corrected chi connectivity index (χ3v) is 6.85. The van der Waals surface area contributed by atoms with E-state index in [2.05, 4.69) is 42.6 Å². The molecule has 5 rings (SSSR count). The summed E-state index contributed by atoms with van der Waals surface area (Å²) in [6.45, 7) is 8.01. The van der Waals surface area contributed by atoms with Crippen LogP contribution in [0.5, 0.6) is 0 Å². The van der Waals surface area contributed by atoms with Gasteiger partial charge in [0.1, 0.15) is 0 Å². The molecule has 1 unspecified atom stereocenters. The highest BCUT2D eigenvalue weighted by Gasteiger charge is 2.29. The molecule has 204 valence electrons. The van der Waals surface area contributed by atoms with Crippen LogP contribution in [0.4, 0.5) is 11.6 Å². The fraction of sp³-hybridized carbons (Fsp3) is 0.429. The van der Waals surface area contributed by atoms with E-state index in [1.165, 1.54) is 0 Å². The maximum Gasteiger partial charge on any atom is 0.238 e. The molecular weight excluding hydrogens is 496 g/mol. The van der Waals surface area contributed by atoms with Crippen molar-refractivity contribution in [1.29, 1.82) is 0 Å². The van der Waals surface area contributed by atoms with Crippen molar-refractivity contribution in [2.24, 2.45) is 7.05 Å². The Morgan fingerprint density at radius 2 is 2.08 bits per heavy atom. The Morgan fingerprint density at radius 3 is 2.79 bits per heavy atom. The van der Waals surface area contributed by atoms with Crippen molar-refractivity contribution in [2.45, 2.75) is 51.5 Å². The highest BCUT2D eigenvalue weighted by Crippen LogP contribution is 2.34. The first kappa shape index (κ1) is 26.6. The Labute approximate surface area is 227 Å². The SMILES string of the molecule is Cn1cc(Nc2nccc(-c3ccc4c(c3)CN(CCO)CCC4CC(=O)c3noc(C(C)(C)C)n3)n2)cn1. The highest BCUT2D eigenvalue weighted by atomic mass is 16.5. The average molecular weight is 531 g/mol. The minimum absolute atomic E-state index is 0.00460. The number of carbonyl (C=O) groups excluding carboxylic acids is 1. The summed E-state index contributed by atoms with van der Waals surface area (Å²) in [6.07, 6.45) is 6.37. The number of benzene rings is 1. The fourth-order valence-corrected chi connectivity index (χ4v) is 4.81. The lowest BCUT2D eigenvalue weighted by Crippen LogP contribution is -2.26. The second kappa shape index (κ2) is 11.0. The van der Waals surface area contributed by atoms with Gasteiger partial charge in [-0.05, 0) is 42.1 Å². The van der Waals surface area contributed by atoms with Crippen molar-refractivity contribution < 1.29 is 14.4 Å². The van der Waals surface area contributed by atoms with Crippen LogP contribution in [0.3, 0.4) is 0 Å². The molecule has 2 N–H and O–H groups in total. The number of rotatable bonds is 8. The van der Waals surface area contributed by atoms with E-state index in [1.807, 2.05) is 46.1 Å². The quantitative estimate of drug-likeness (QED) is 0.323. The molecular formula is C28H34N8O3. The normalized spacial score (nSPS) is 16.1. The molecule has 0 saturated carbocycles. The van der Waals surface area contributed by atoms with Crippen LogP contribution in [0.25, 0.3) is 11.3 Å². The number of carbonyl (C=O) groups is 1. The molecule has 4 aromatic rings. The molecule has 0 radical (unpaired) electrons. The molecule has 1 aromatic carbocycles. The molecule has 1 aliphatic heterocycles. The van der Waals surface area contributed by atoms with Gasteiger partial charge in [-0.15, -0.1) is 0 Å². The summed E-state index contributed by atoms with van der Waals surface area (Å²) >= 11 is 0. The summed E-state index contributed by atoms with van der Waals surface area (Å²) in [5.41, 5.74) is 4.45. The number of ketones is 1. The number of aryl methyl sites for hydroxylation is 1. The van der Waals surface area contributed by atoms with E-state index >= 15 is 0 Å². The molecule has 4 heterocycles. The number of hydrogen-bond donors (Lipinski definition) is 2. The molecule has 0 fully saturated rings. The van der Waals surface area contributed by atoms with Gasteiger partial charge in [-0.1, -0.05) is 38.1 Å². The van der Waals surface area contributed by atoms with Crippen molar-refractivity contribution in [2.75, 3.05) is 25.0 Å². The first-order valence-corrected chi connectivity index (χ1v) is 13.1. The predicted molar refractivity (Wildman–Crippen MR) is 146 cm³/mol. The van der Waals surface area contributed by atoms with Crippen LogP contribution in [0.15, 0.2) is 47.4 Å². The Morgan fingerprint density at radius 1 is 1.23 bits per heavy atom. The minimum atomic E-state index is -0.323. The lowest BCUT2D eigenvalue weighted by Gasteiger charge is -2.19. The van der Waals surface area contributed by atoms with Crippen LogP contribution < -0.4 is 5.32 Å². The third kappa shape index (κ3) is 6.21. The van der Waals surface area contributed by atoms with Crippen molar-refractivity contribution in [3.8, 4) is 11.3 Å². The number of fused-ring (bicyclic) bond motifs is 1. The van der Waals surface area contributed by atoms with Crippen LogP contribution in [0.1, 0.15) is 67.2 Å². The molecule has 1 aliphatic rings. The predicted octanol–water partition coefficient (Wildman–Crippen LogP) is 3.86. The largest absolute Gasteiger partial charge is 0.395 e. The zero-order valence-corrected chi connectivity index (χ0v) is 22.8. The van der Waals surface area contributed by atoms with Gasteiger partial charge in [0, 0.05) is 49.9 Å². The lowest BCUT2D eigenvalue weighted by molar-refractivity contribution is 0.0957. The molecule has 0 aliphatic carbocycles. The van der Waals surface area contributed by atoms with E-state index < -0.39 is 0 Å². The standard InChI is InChI=1S/C28H34N8O3/c1-28(2,3)26-33-25(34-39-26)24(38)14-18-8-10-36(11-12-37)16-20-13-19(5-6-22(18)20)23-7-9-29-27(32-23)31-21-15-30-35(4)17-21/h5-7,9,13,15,17-18,37H,8,10-12,14,16H2,1-4H3,(H,29,31,32). The molecule has 39 heavy (non-hydrogen) atoms. The number of β-amino-alcohol motifs (C(OH)–C–C–N with tert-alkyl or cyclic N) is 1. The maximum atomic E-state index is 13.2. The smallest absolute Gasteiger partial charge is 0.238 e. The van der Waals surface area contributed by atoms with Crippen LogP contribution in [0, 0.1) is 0 Å². The lowest BCUT2D eigenvalue weighted by atomic mass is 9.87. The molecule has 0 amide bonds. The Balaban J connectivity index is 1.41. The van der Waals surface area contributed by atoms with Gasteiger partial charge in [0.25, 0.3) is 0 Å². The van der Waals surface area contributed by atoms with Gasteiger partial charge in [-0.2, -0.15) is 10.1 Å². The van der Waals surface area contributed by atoms with Gasteiger partial charge in [-0.25, -0.2) is 9.97 Å². The summed E-state index contributed by atoms with van der Waals surface area (Å²) in [5, 5.41) is 20.9. The molecule has 11 heteroatoms. The Hall–Kier alpha value is -3.96. The maximum absolute atomic E-state index is 13.2. The number of Topliss-reactive ketones (excluding diaryl/α,β-unsaturated/α-hetero) is 1. The number of aliphatic hydroxyl groups is 1. The molecule has 11 nitrogen and oxygen atoms in total. The van der Waals surface area contributed by atoms with E-state index in [1.54, 1.807) is 17.1 Å². The third-order valence-electron chi connectivity index (χ3n) is 6.85. The van der Waals surface area contributed by atoms with Crippen LogP contribution in [-0.4, -0.2) is 65.4 Å². The zero-order valence-electron chi connectivity index (χ0n) is 22.8. The van der Waals surface area contributed by atoms with Gasteiger partial charge in [0.2, 0.25) is 23.4 Å². The zero-order chi connectivity index (χ0) is 27.6. The van der Waals surface area contributed by atoms with Crippen molar-refractivity contribution >= 4 is 17.4 Å². The Kier molecular flexibility index (Phi) is 7.53. The van der Waals surface area contributed by atoms with E-state index in [0.717, 1.165) is 41.0 Å². The number of aliphatic hydroxyl groups excluding tert-OH is 1. The van der Waals surface area contributed by atoms with Gasteiger partial charge < -0.3 is 14.9 Å². The number of nitrogens with one attached hydrogen (secondary N) is 1. The van der Waals surface area contributed by atoms with E-state index in [9.17, 15) is 9.90 Å². The molecule has 0 spiro atoms. The highest BCUT2D eigenvalue weighted by molar-refractivity contribution is 5.93. The van der Waals surface area contributed by atoms with Gasteiger partial charge in [0.05, 0.1) is 24.2 Å². The summed E-state index contributed by atoms with van der Waals surface area (Å²) in [7, 11) is 1.85. The van der Waals surface area contributed by atoms with Crippen LogP contribution in [-0.2, 0) is 19.0 Å². The van der Waals surface area contributed by atoms with Gasteiger partial charge in [-0.3, -0.25) is 14.4 Å². The summed E-state index contributed by atoms with van der Waals surface area (Å²) < 4.78 is 7.06. The van der Waals surface area contributed by atoms with Gasteiger partial charge in [0.15, 0.2) is 0 Å². The minimum Gasteiger partial charge on any atom is -0.395 e. The second-order valence-electron chi connectivity index (χ2n) is 11.0. The van der Waals surface area contributed by atoms with Crippen molar-refractivity contribution in [3.63, 3.8) is 0 Å². The van der Waals surface area contributed by atoms with Crippen LogP contribution >= 0.6 is 0 Å². The molecule has 0 bridgehead atoms. The van der Waals surface area contributed by atoms with E-state index in [4.69, 9.17) is 9.51 Å². The molecule has 1 atom stereocenters. The van der Waals surface area contributed by atoms with E-state index in [0.29, 0.717) is 24.9 Å². The van der Waals surface area contributed by atoms with Crippen LogP contribution in [0.2, 0.25) is 0 Å². The second-order valence-corrected chi connectivity index (χ2v) is 11.0. The number of anilines is 2. The average Bonchev–Trinajstić information content (AvgIpc) is 3.52. The first-order chi connectivity index (χ1) is 18.7. The summed E-state index contributed by atoms with van der Waals surface area (Å²) in [5.74, 6) is 0.926. The van der Waals surface area contributed by atoms with E-state index in [-0.39, 0.29) is 36.0 Å². The monoisotopic (exact) mass is 530 g/mol. The fourth-order valence-electron chi connectivity index (χ4n) is 4.81. The first-order valence-electron chi connectivity index (χ1n) is 13.1.